The minimum atomic E-state index is -0.557. The molecule has 0 spiro atoms. The first kappa shape index (κ1) is 22.6. The van der Waals surface area contributed by atoms with E-state index in [9.17, 15) is 14.0 Å². The fourth-order valence-corrected chi connectivity index (χ4v) is 3.88. The summed E-state index contributed by atoms with van der Waals surface area (Å²) in [6.45, 7) is 3.72. The molecule has 0 radical (unpaired) electrons. The van der Waals surface area contributed by atoms with Crippen molar-refractivity contribution in [3.63, 3.8) is 0 Å². The van der Waals surface area contributed by atoms with E-state index in [-0.39, 0.29) is 23.4 Å². The maximum atomic E-state index is 14.3. The topological polar surface area (TPSA) is 58.6 Å². The Morgan fingerprint density at radius 1 is 0.970 bits per heavy atom. The molecule has 0 saturated heterocycles. The van der Waals surface area contributed by atoms with Crippen LogP contribution in [0, 0.1) is 19.7 Å². The number of carbonyl (C=O) groups is 2. The van der Waals surface area contributed by atoms with E-state index in [0.717, 1.165) is 16.0 Å². The monoisotopic (exact) mass is 464 g/mol. The third-order valence-corrected chi connectivity index (χ3v) is 5.91. The second kappa shape index (κ2) is 9.08. The molecular formula is C26H22ClFN2O3. The highest BCUT2D eigenvalue weighted by Gasteiger charge is 2.40. The number of aryl methyl sites for hydroxylation is 2. The van der Waals surface area contributed by atoms with Crippen molar-refractivity contribution in [2.45, 2.75) is 20.4 Å². The van der Waals surface area contributed by atoms with Crippen molar-refractivity contribution in [1.82, 2.24) is 4.90 Å². The number of rotatable bonds is 6. The Morgan fingerprint density at radius 3 is 2.42 bits per heavy atom. The molecule has 4 rings (SSSR count). The SMILES string of the molecule is COc1ccc(Cl)cc1NC1=C(c2ccc(C)c(C)c2)C(=O)N(Cc2ccccc2F)C1=O. The largest absolute Gasteiger partial charge is 0.495 e. The number of halogens is 2. The van der Waals surface area contributed by atoms with Crippen LogP contribution in [-0.2, 0) is 16.1 Å². The molecule has 0 unspecified atom stereocenters. The van der Waals surface area contributed by atoms with Gasteiger partial charge in [0.05, 0.1) is 24.9 Å². The molecule has 0 aromatic heterocycles. The minimum absolute atomic E-state index is 0.0835. The normalized spacial score (nSPS) is 13.7. The highest BCUT2D eigenvalue weighted by atomic mass is 35.5. The van der Waals surface area contributed by atoms with Gasteiger partial charge in [0.1, 0.15) is 17.3 Å². The average molecular weight is 465 g/mol. The summed E-state index contributed by atoms with van der Waals surface area (Å²) >= 11 is 6.15. The third kappa shape index (κ3) is 4.34. The van der Waals surface area contributed by atoms with Crippen LogP contribution in [-0.4, -0.2) is 23.8 Å². The second-order valence-corrected chi connectivity index (χ2v) is 8.24. The molecule has 7 heteroatoms. The number of ether oxygens (including phenoxy) is 1. The predicted molar refractivity (Wildman–Crippen MR) is 126 cm³/mol. The highest BCUT2D eigenvalue weighted by molar-refractivity contribution is 6.36. The lowest BCUT2D eigenvalue weighted by atomic mass is 9.99. The maximum Gasteiger partial charge on any atom is 0.278 e. The van der Waals surface area contributed by atoms with E-state index >= 15 is 0 Å². The number of nitrogens with zero attached hydrogens (tertiary/aromatic N) is 1. The summed E-state index contributed by atoms with van der Waals surface area (Å²) < 4.78 is 19.7. The number of hydrogen-bond donors (Lipinski definition) is 1. The highest BCUT2D eigenvalue weighted by Crippen LogP contribution is 2.35. The van der Waals surface area contributed by atoms with Gasteiger partial charge in [-0.15, -0.1) is 0 Å². The smallest absolute Gasteiger partial charge is 0.278 e. The van der Waals surface area contributed by atoms with Gasteiger partial charge >= 0.3 is 0 Å². The Morgan fingerprint density at radius 2 is 1.73 bits per heavy atom. The van der Waals surface area contributed by atoms with Gasteiger partial charge in [0.15, 0.2) is 0 Å². The molecule has 1 aliphatic rings. The van der Waals surface area contributed by atoms with E-state index in [1.165, 1.54) is 13.2 Å². The van der Waals surface area contributed by atoms with E-state index in [1.54, 1.807) is 42.5 Å². The Balaban J connectivity index is 1.82. The quantitative estimate of drug-likeness (QED) is 0.489. The molecule has 0 bridgehead atoms. The van der Waals surface area contributed by atoms with Crippen molar-refractivity contribution < 1.29 is 18.7 Å². The molecule has 33 heavy (non-hydrogen) atoms. The number of anilines is 1. The zero-order valence-electron chi connectivity index (χ0n) is 18.4. The van der Waals surface area contributed by atoms with Crippen LogP contribution in [0.2, 0.25) is 5.02 Å². The Bertz CT molecular complexity index is 1300. The van der Waals surface area contributed by atoms with Crippen LogP contribution in [0.5, 0.6) is 5.75 Å². The lowest BCUT2D eigenvalue weighted by molar-refractivity contribution is -0.137. The van der Waals surface area contributed by atoms with Gasteiger partial charge in [-0.3, -0.25) is 14.5 Å². The van der Waals surface area contributed by atoms with Crippen LogP contribution in [0.1, 0.15) is 22.3 Å². The lowest BCUT2D eigenvalue weighted by Gasteiger charge is -2.16. The van der Waals surface area contributed by atoms with Crippen LogP contribution in [0.25, 0.3) is 5.57 Å². The summed E-state index contributed by atoms with van der Waals surface area (Å²) in [5, 5.41) is 3.50. The van der Waals surface area contributed by atoms with Gasteiger partial charge in [0, 0.05) is 10.6 Å². The second-order valence-electron chi connectivity index (χ2n) is 7.81. The van der Waals surface area contributed by atoms with Crippen LogP contribution in [0.3, 0.4) is 0 Å². The fraction of sp³-hybridized carbons (Fsp3) is 0.154. The lowest BCUT2D eigenvalue weighted by Crippen LogP contribution is -2.32. The molecule has 0 atom stereocenters. The van der Waals surface area contributed by atoms with Gasteiger partial charge in [-0.2, -0.15) is 0 Å². The number of hydrogen-bond acceptors (Lipinski definition) is 4. The molecular weight excluding hydrogens is 443 g/mol. The van der Waals surface area contributed by atoms with Gasteiger partial charge in [-0.1, -0.05) is 48.0 Å². The van der Waals surface area contributed by atoms with E-state index < -0.39 is 17.6 Å². The summed E-state index contributed by atoms with van der Waals surface area (Å²) in [6, 6.07) is 16.6. The van der Waals surface area contributed by atoms with Crippen molar-refractivity contribution >= 4 is 34.7 Å². The molecule has 3 aromatic carbocycles. The van der Waals surface area contributed by atoms with E-state index in [1.807, 2.05) is 26.0 Å². The first-order valence-corrected chi connectivity index (χ1v) is 10.7. The third-order valence-electron chi connectivity index (χ3n) is 5.67. The van der Waals surface area contributed by atoms with Crippen molar-refractivity contribution in [3.05, 3.63) is 99.5 Å². The van der Waals surface area contributed by atoms with Gasteiger partial charge in [0.25, 0.3) is 11.8 Å². The summed E-state index contributed by atoms with van der Waals surface area (Å²) in [5.41, 5.74) is 3.62. The van der Waals surface area contributed by atoms with Crippen molar-refractivity contribution in [1.29, 1.82) is 0 Å². The van der Waals surface area contributed by atoms with Crippen LogP contribution in [0.4, 0.5) is 10.1 Å². The Labute approximate surface area is 196 Å². The summed E-state index contributed by atoms with van der Waals surface area (Å²) in [5.74, 6) is -1.09. The van der Waals surface area contributed by atoms with E-state index in [2.05, 4.69) is 5.32 Å². The van der Waals surface area contributed by atoms with Crippen molar-refractivity contribution in [3.8, 4) is 5.75 Å². The predicted octanol–water partition coefficient (Wildman–Crippen LogP) is 5.50. The number of imide groups is 1. The first-order valence-electron chi connectivity index (χ1n) is 10.3. The Hall–Kier alpha value is -3.64. The molecule has 3 aromatic rings. The van der Waals surface area contributed by atoms with Gasteiger partial charge in [-0.25, -0.2) is 4.39 Å². The number of nitrogens with one attached hydrogen (secondary N) is 1. The fourth-order valence-electron chi connectivity index (χ4n) is 3.71. The van der Waals surface area contributed by atoms with Crippen LogP contribution >= 0.6 is 11.6 Å². The molecule has 0 aliphatic carbocycles. The van der Waals surface area contributed by atoms with E-state index in [4.69, 9.17) is 16.3 Å². The first-order chi connectivity index (χ1) is 15.8. The molecule has 1 heterocycles. The zero-order chi connectivity index (χ0) is 23.7. The Kier molecular flexibility index (Phi) is 6.20. The van der Waals surface area contributed by atoms with Crippen LogP contribution in [0.15, 0.2) is 66.4 Å². The molecule has 2 amide bonds. The van der Waals surface area contributed by atoms with Gasteiger partial charge < -0.3 is 10.1 Å². The number of amides is 2. The molecule has 1 N–H and O–H groups in total. The standard InChI is InChI=1S/C26H22ClFN2O3/c1-15-8-9-17(12-16(15)2)23-24(29-21-13-19(27)10-11-22(21)33-3)26(32)30(25(23)31)14-18-6-4-5-7-20(18)28/h4-13,29H,14H2,1-3H3. The number of methoxy groups -OCH3 is 1. The molecule has 168 valence electrons. The van der Waals surface area contributed by atoms with Crippen molar-refractivity contribution in [2.75, 3.05) is 12.4 Å². The van der Waals surface area contributed by atoms with E-state index in [0.29, 0.717) is 22.0 Å². The average Bonchev–Trinajstić information content (AvgIpc) is 3.01. The van der Waals surface area contributed by atoms with Crippen molar-refractivity contribution in [2.24, 2.45) is 0 Å². The summed E-state index contributed by atoms with van der Waals surface area (Å²) in [4.78, 5) is 28.0. The number of carbonyl (C=O) groups excluding carboxylic acids is 2. The van der Waals surface area contributed by atoms with Gasteiger partial charge in [-0.05, 0) is 54.8 Å². The maximum absolute atomic E-state index is 14.3. The zero-order valence-corrected chi connectivity index (χ0v) is 19.2. The van der Waals surface area contributed by atoms with Crippen LogP contribution < -0.4 is 10.1 Å². The molecule has 5 nitrogen and oxygen atoms in total. The molecule has 0 fully saturated rings. The molecule has 0 saturated carbocycles. The summed E-state index contributed by atoms with van der Waals surface area (Å²) in [6.07, 6.45) is 0. The minimum Gasteiger partial charge on any atom is -0.495 e. The molecule has 1 aliphatic heterocycles. The number of benzene rings is 3. The summed E-state index contributed by atoms with van der Waals surface area (Å²) in [7, 11) is 1.50. The van der Waals surface area contributed by atoms with Gasteiger partial charge in [0.2, 0.25) is 0 Å².